The molecule has 6 amide bonds. The molecule has 0 aromatic rings. The number of hydrogen-bond acceptors (Lipinski definition) is 10. The summed E-state index contributed by atoms with van der Waals surface area (Å²) in [5.74, 6) is -6.21. The lowest BCUT2D eigenvalue weighted by molar-refractivity contribution is -0.142. The average Bonchev–Trinajstić information content (AvgIpc) is 2.87. The second-order valence-electron chi connectivity index (χ2n) is 9.92. The molecule has 1 rings (SSSR count). The maximum atomic E-state index is 13.5. The first-order chi connectivity index (χ1) is 19.5. The van der Waals surface area contributed by atoms with Gasteiger partial charge in [0.05, 0.1) is 13.0 Å². The number of aliphatic carboxylic acids is 1. The van der Waals surface area contributed by atoms with Crippen molar-refractivity contribution in [3.8, 4) is 0 Å². The summed E-state index contributed by atoms with van der Waals surface area (Å²) in [6.07, 6.45) is -0.459. The Balaban J connectivity index is 3.46. The van der Waals surface area contributed by atoms with Gasteiger partial charge in [-0.1, -0.05) is 21.6 Å². The van der Waals surface area contributed by atoms with Gasteiger partial charge in [-0.15, -0.1) is 0 Å². The highest BCUT2D eigenvalue weighted by molar-refractivity contribution is 8.77. The fourth-order valence-corrected chi connectivity index (χ4v) is 6.68. The van der Waals surface area contributed by atoms with Crippen LogP contribution in [-0.4, -0.2) is 112 Å². The highest BCUT2D eigenvalue weighted by atomic mass is 33.1. The molecular weight excluding hydrogens is 594 g/mol. The smallest absolute Gasteiger partial charge is 0.305 e. The van der Waals surface area contributed by atoms with Crippen LogP contribution in [0.1, 0.15) is 40.0 Å². The standard InChI is InChI=1S/C23H39N9O8S2/c1-11(33)29-13-10-41-42-23(2,3)17(18(24)37)31-19(38)12(8-16(35)36)30-15(34)9-28-20(39)14(32(4)21(13)40)6-5-7-27-22(25)26/h12-14,17H,5-10H2,1-4H3,(H2,24,37)(H,28,39)(H,29,33)(H,30,34)(H,31,38)(H,35,36)(H4,25,26,27)/t12-,13-,14+,17+/m1/s1. The number of nitrogens with one attached hydrogen (secondary N) is 4. The summed E-state index contributed by atoms with van der Waals surface area (Å²) in [6.45, 7) is 3.89. The van der Waals surface area contributed by atoms with Crippen LogP contribution >= 0.6 is 21.6 Å². The molecule has 17 nitrogen and oxygen atoms in total. The summed E-state index contributed by atoms with van der Waals surface area (Å²) in [7, 11) is 3.56. The number of nitrogens with zero attached hydrogens (tertiary/aromatic N) is 2. The highest BCUT2D eigenvalue weighted by Gasteiger charge is 2.39. The van der Waals surface area contributed by atoms with Crippen molar-refractivity contribution in [2.24, 2.45) is 22.2 Å². The zero-order valence-corrected chi connectivity index (χ0v) is 25.4. The van der Waals surface area contributed by atoms with Crippen molar-refractivity contribution in [3.05, 3.63) is 0 Å². The molecule has 0 radical (unpaired) electrons. The molecular formula is C23H39N9O8S2. The number of carboxylic acid groups (broad SMARTS) is 1. The van der Waals surface area contributed by atoms with Crippen LogP contribution in [0.15, 0.2) is 4.99 Å². The number of guanidine groups is 1. The van der Waals surface area contributed by atoms with E-state index in [1.807, 2.05) is 0 Å². The predicted octanol–water partition coefficient (Wildman–Crippen LogP) is -3.41. The second-order valence-corrected chi connectivity index (χ2v) is 12.9. The molecule has 4 atom stereocenters. The molecule has 0 unspecified atom stereocenters. The van der Waals surface area contributed by atoms with Gasteiger partial charge in [-0.3, -0.25) is 38.6 Å². The zero-order chi connectivity index (χ0) is 32.2. The van der Waals surface area contributed by atoms with Crippen LogP contribution in [0.4, 0.5) is 0 Å². The first kappa shape index (κ1) is 36.3. The zero-order valence-electron chi connectivity index (χ0n) is 23.8. The fourth-order valence-electron chi connectivity index (χ4n) is 3.86. The van der Waals surface area contributed by atoms with Crippen molar-refractivity contribution in [1.82, 2.24) is 26.2 Å². The number of carbonyl (C=O) groups excluding carboxylic acids is 6. The van der Waals surface area contributed by atoms with Gasteiger partial charge in [0.2, 0.25) is 35.4 Å². The van der Waals surface area contributed by atoms with E-state index in [2.05, 4.69) is 26.3 Å². The van der Waals surface area contributed by atoms with Gasteiger partial charge in [0, 0.05) is 31.0 Å². The van der Waals surface area contributed by atoms with Crippen LogP contribution in [0.5, 0.6) is 0 Å². The Hall–Kier alpha value is -3.74. The van der Waals surface area contributed by atoms with E-state index in [0.717, 1.165) is 26.5 Å². The highest BCUT2D eigenvalue weighted by Crippen LogP contribution is 2.38. The minimum Gasteiger partial charge on any atom is -0.481 e. The Kier molecular flexibility index (Phi) is 14.4. The molecule has 0 bridgehead atoms. The third-order valence-electron chi connectivity index (χ3n) is 5.95. The molecule has 0 aromatic carbocycles. The summed E-state index contributed by atoms with van der Waals surface area (Å²) in [4.78, 5) is 92.9. The number of aliphatic imine (C=N–C) groups is 1. The molecule has 0 spiro atoms. The Morgan fingerprint density at radius 3 is 2.31 bits per heavy atom. The predicted molar refractivity (Wildman–Crippen MR) is 157 cm³/mol. The molecule has 1 heterocycles. The molecule has 0 saturated carbocycles. The summed E-state index contributed by atoms with van der Waals surface area (Å²) in [6, 6.07) is -5.12. The molecule has 1 fully saturated rings. The normalized spacial score (nSPS) is 24.3. The maximum Gasteiger partial charge on any atom is 0.305 e. The quantitative estimate of drug-likeness (QED) is 0.0562. The number of primary amides is 1. The van der Waals surface area contributed by atoms with Gasteiger partial charge in [-0.25, -0.2) is 0 Å². The van der Waals surface area contributed by atoms with E-state index in [9.17, 15) is 38.7 Å². The fraction of sp³-hybridized carbons (Fsp3) is 0.652. The van der Waals surface area contributed by atoms with Crippen molar-refractivity contribution in [2.75, 3.05) is 25.9 Å². The van der Waals surface area contributed by atoms with Crippen molar-refractivity contribution < 1.29 is 38.7 Å². The molecule has 11 N–H and O–H groups in total. The van der Waals surface area contributed by atoms with Crippen LogP contribution in [0.3, 0.4) is 0 Å². The topological polar surface area (TPSA) is 282 Å². The number of carboxylic acids is 1. The first-order valence-electron chi connectivity index (χ1n) is 12.7. The summed E-state index contributed by atoms with van der Waals surface area (Å²) >= 11 is 0. The summed E-state index contributed by atoms with van der Waals surface area (Å²) < 4.78 is -1.10. The van der Waals surface area contributed by atoms with E-state index in [1.54, 1.807) is 13.8 Å². The lowest BCUT2D eigenvalue weighted by Gasteiger charge is -2.33. The van der Waals surface area contributed by atoms with Crippen LogP contribution in [0, 0.1) is 0 Å². The summed E-state index contributed by atoms with van der Waals surface area (Å²) in [5, 5.41) is 18.9. The number of amides is 6. The van der Waals surface area contributed by atoms with Crippen LogP contribution in [0.2, 0.25) is 0 Å². The van der Waals surface area contributed by atoms with E-state index in [4.69, 9.17) is 17.2 Å². The van der Waals surface area contributed by atoms with Crippen LogP contribution in [0.25, 0.3) is 0 Å². The number of rotatable bonds is 8. The lowest BCUT2D eigenvalue weighted by Crippen LogP contribution is -2.59. The van der Waals surface area contributed by atoms with Gasteiger partial charge < -0.3 is 48.5 Å². The lowest BCUT2D eigenvalue weighted by atomic mass is 10.0. The molecule has 1 aliphatic heterocycles. The maximum absolute atomic E-state index is 13.5. The molecule has 1 aliphatic rings. The van der Waals surface area contributed by atoms with Crippen molar-refractivity contribution in [2.45, 2.75) is 68.9 Å². The molecule has 0 aromatic heterocycles. The van der Waals surface area contributed by atoms with Crippen LogP contribution < -0.4 is 38.5 Å². The van der Waals surface area contributed by atoms with Gasteiger partial charge >= 0.3 is 5.97 Å². The molecule has 0 aliphatic carbocycles. The number of hydrogen-bond donors (Lipinski definition) is 8. The largest absolute Gasteiger partial charge is 0.481 e. The van der Waals surface area contributed by atoms with E-state index in [1.165, 1.54) is 14.0 Å². The number of nitrogens with two attached hydrogens (primary N) is 3. The molecule has 236 valence electrons. The van der Waals surface area contributed by atoms with Gasteiger partial charge in [0.1, 0.15) is 24.2 Å². The van der Waals surface area contributed by atoms with Crippen LogP contribution in [-0.2, 0) is 33.6 Å². The SMILES string of the molecule is CC(=O)N[C@@H]1CSSC(C)(C)[C@H](C(N)=O)NC(=O)[C@@H](CC(=O)O)NC(=O)CNC(=O)[C@H](CCCN=C(N)N)N(C)C1=O. The number of carbonyl (C=O) groups is 7. The Morgan fingerprint density at radius 1 is 1.12 bits per heavy atom. The Labute approximate surface area is 250 Å². The third-order valence-corrected chi connectivity index (χ3v) is 9.25. The van der Waals surface area contributed by atoms with Crippen molar-refractivity contribution >= 4 is 69.0 Å². The average molecular weight is 634 g/mol. The van der Waals surface area contributed by atoms with Gasteiger partial charge in [-0.2, -0.15) is 0 Å². The van der Waals surface area contributed by atoms with Gasteiger partial charge in [0.15, 0.2) is 5.96 Å². The van der Waals surface area contributed by atoms with Gasteiger partial charge in [0.25, 0.3) is 0 Å². The third kappa shape index (κ3) is 12.0. The van der Waals surface area contributed by atoms with E-state index in [-0.39, 0.29) is 31.1 Å². The van der Waals surface area contributed by atoms with E-state index in [0.29, 0.717) is 0 Å². The molecule has 42 heavy (non-hydrogen) atoms. The summed E-state index contributed by atoms with van der Waals surface area (Å²) in [5.41, 5.74) is 16.2. The number of likely N-dealkylation sites (N-methyl/N-ethyl adjacent to an activating group) is 1. The van der Waals surface area contributed by atoms with Crippen molar-refractivity contribution in [3.63, 3.8) is 0 Å². The van der Waals surface area contributed by atoms with Gasteiger partial charge in [-0.05, 0) is 26.7 Å². The van der Waals surface area contributed by atoms with E-state index >= 15 is 0 Å². The Bertz CT molecular complexity index is 1080. The molecule has 19 heteroatoms. The van der Waals surface area contributed by atoms with E-state index < -0.39 is 83.3 Å². The second kappa shape index (κ2) is 16.6. The monoisotopic (exact) mass is 633 g/mol. The Morgan fingerprint density at radius 2 is 1.76 bits per heavy atom. The van der Waals surface area contributed by atoms with Crippen molar-refractivity contribution in [1.29, 1.82) is 0 Å². The first-order valence-corrected chi connectivity index (χ1v) is 15.1. The molecule has 1 saturated heterocycles. The minimum atomic E-state index is -1.60. The minimum absolute atomic E-state index is 0.000296.